The Morgan fingerprint density at radius 3 is 2.81 bits per heavy atom. The minimum atomic E-state index is -0.454. The molecule has 0 unspecified atom stereocenters. The van der Waals surface area contributed by atoms with E-state index in [0.717, 1.165) is 24.3 Å². The number of nitrogens with one attached hydrogen (secondary N) is 1. The lowest BCUT2D eigenvalue weighted by Gasteiger charge is -2.07. The first-order valence-corrected chi connectivity index (χ1v) is 6.84. The molecule has 0 saturated heterocycles. The summed E-state index contributed by atoms with van der Waals surface area (Å²) in [6.45, 7) is 2.00. The molecule has 21 heavy (non-hydrogen) atoms. The molecule has 0 aliphatic rings. The Labute approximate surface area is 123 Å². The molecular weight excluding hydrogens is 270 g/mol. The molecule has 0 atom stereocenters. The highest BCUT2D eigenvalue weighted by molar-refractivity contribution is 5.87. The number of carbonyl (C=O) groups excluding carboxylic acids is 1. The third kappa shape index (κ3) is 4.65. The Balaban J connectivity index is 1.64. The summed E-state index contributed by atoms with van der Waals surface area (Å²) in [5.74, 6) is 0.676. The zero-order valence-corrected chi connectivity index (χ0v) is 12.0. The predicted octanol–water partition coefficient (Wildman–Crippen LogP) is 2.62. The minimum Gasteiger partial charge on any atom is -0.494 e. The summed E-state index contributed by atoms with van der Waals surface area (Å²) in [5, 5.41) is 3.25. The summed E-state index contributed by atoms with van der Waals surface area (Å²) < 4.78 is 15.4. The summed E-state index contributed by atoms with van der Waals surface area (Å²) >= 11 is 0. The monoisotopic (exact) mass is 289 g/mol. The summed E-state index contributed by atoms with van der Waals surface area (Å²) in [4.78, 5) is 11.4. The van der Waals surface area contributed by atoms with Gasteiger partial charge in [0.25, 0.3) is 0 Å². The van der Waals surface area contributed by atoms with Gasteiger partial charge in [-0.1, -0.05) is 18.2 Å². The quantitative estimate of drug-likeness (QED) is 0.598. The Hall–Kier alpha value is -2.27. The Morgan fingerprint density at radius 1 is 1.24 bits per heavy atom. The van der Waals surface area contributed by atoms with Crippen LogP contribution in [0.1, 0.15) is 22.5 Å². The van der Waals surface area contributed by atoms with Crippen LogP contribution in [0.2, 0.25) is 0 Å². The molecule has 0 spiro atoms. The Kier molecular flexibility index (Phi) is 5.84. The average molecular weight is 289 g/mol. The van der Waals surface area contributed by atoms with Gasteiger partial charge in [-0.2, -0.15) is 0 Å². The van der Waals surface area contributed by atoms with Gasteiger partial charge in [0.15, 0.2) is 0 Å². The molecule has 1 aromatic carbocycles. The number of carbonyl (C=O) groups is 1. The maximum absolute atomic E-state index is 11.4. The lowest BCUT2D eigenvalue weighted by Crippen LogP contribution is -2.18. The van der Waals surface area contributed by atoms with Gasteiger partial charge >= 0.3 is 5.97 Å². The van der Waals surface area contributed by atoms with E-state index in [1.54, 1.807) is 6.07 Å². The number of benzene rings is 1. The van der Waals surface area contributed by atoms with Crippen molar-refractivity contribution in [3.8, 4) is 5.75 Å². The van der Waals surface area contributed by atoms with Crippen molar-refractivity contribution in [3.63, 3.8) is 0 Å². The second-order valence-electron chi connectivity index (χ2n) is 4.46. The minimum absolute atomic E-state index is 0.255. The zero-order valence-electron chi connectivity index (χ0n) is 12.0. The number of hydrogen-bond acceptors (Lipinski definition) is 5. The molecule has 0 amide bonds. The second kappa shape index (κ2) is 8.11. The van der Waals surface area contributed by atoms with Crippen LogP contribution in [0.15, 0.2) is 47.1 Å². The van der Waals surface area contributed by atoms with Gasteiger partial charge < -0.3 is 19.2 Å². The lowest BCUT2D eigenvalue weighted by atomic mass is 10.2. The molecule has 2 rings (SSSR count). The standard InChI is InChI=1S/C16H19NO4/c1-19-16(18)15-13(8-11-21-15)12-17-9-5-10-20-14-6-3-2-4-7-14/h2-4,6-8,11,17H,5,9-10,12H2,1H3. The van der Waals surface area contributed by atoms with Gasteiger partial charge in [-0.15, -0.1) is 0 Å². The predicted molar refractivity (Wildman–Crippen MR) is 78.3 cm³/mol. The number of para-hydroxylation sites is 1. The van der Waals surface area contributed by atoms with Gasteiger partial charge in [0.1, 0.15) is 5.75 Å². The lowest BCUT2D eigenvalue weighted by molar-refractivity contribution is 0.0563. The normalized spacial score (nSPS) is 10.3. The van der Waals surface area contributed by atoms with E-state index in [-0.39, 0.29) is 5.76 Å². The molecule has 1 aromatic heterocycles. The smallest absolute Gasteiger partial charge is 0.374 e. The summed E-state index contributed by atoms with van der Waals surface area (Å²) in [7, 11) is 1.34. The van der Waals surface area contributed by atoms with E-state index >= 15 is 0 Å². The molecule has 112 valence electrons. The van der Waals surface area contributed by atoms with Crippen LogP contribution in [0.4, 0.5) is 0 Å². The molecular formula is C16H19NO4. The van der Waals surface area contributed by atoms with Crippen molar-refractivity contribution in [2.24, 2.45) is 0 Å². The average Bonchev–Trinajstić information content (AvgIpc) is 2.99. The number of ether oxygens (including phenoxy) is 2. The first-order valence-electron chi connectivity index (χ1n) is 6.84. The number of esters is 1. The van der Waals surface area contributed by atoms with E-state index in [1.807, 2.05) is 30.3 Å². The van der Waals surface area contributed by atoms with Gasteiger partial charge in [0.2, 0.25) is 5.76 Å². The second-order valence-corrected chi connectivity index (χ2v) is 4.46. The topological polar surface area (TPSA) is 60.7 Å². The fourth-order valence-corrected chi connectivity index (χ4v) is 1.87. The number of rotatable bonds is 8. The number of hydrogen-bond donors (Lipinski definition) is 1. The van der Waals surface area contributed by atoms with Crippen molar-refractivity contribution in [1.82, 2.24) is 5.32 Å². The van der Waals surface area contributed by atoms with Gasteiger partial charge in [-0.3, -0.25) is 0 Å². The van der Waals surface area contributed by atoms with E-state index in [2.05, 4.69) is 10.1 Å². The molecule has 0 bridgehead atoms. The molecule has 0 aliphatic heterocycles. The molecule has 5 heteroatoms. The van der Waals surface area contributed by atoms with Crippen LogP contribution in [-0.4, -0.2) is 26.2 Å². The largest absolute Gasteiger partial charge is 0.494 e. The Morgan fingerprint density at radius 2 is 2.05 bits per heavy atom. The van der Waals surface area contributed by atoms with Crippen LogP contribution in [0, 0.1) is 0 Å². The van der Waals surface area contributed by atoms with Crippen molar-refractivity contribution < 1.29 is 18.7 Å². The van der Waals surface area contributed by atoms with Gasteiger partial charge in [-0.25, -0.2) is 4.79 Å². The van der Waals surface area contributed by atoms with E-state index < -0.39 is 5.97 Å². The molecule has 0 saturated carbocycles. The third-order valence-corrected chi connectivity index (χ3v) is 2.94. The van der Waals surface area contributed by atoms with Crippen LogP contribution >= 0.6 is 0 Å². The maximum Gasteiger partial charge on any atom is 0.374 e. The van der Waals surface area contributed by atoms with Gasteiger partial charge in [-0.05, 0) is 31.2 Å². The number of methoxy groups -OCH3 is 1. The first-order chi connectivity index (χ1) is 10.3. The first kappa shape index (κ1) is 15.1. The van der Waals surface area contributed by atoms with Crippen molar-refractivity contribution >= 4 is 5.97 Å². The van der Waals surface area contributed by atoms with E-state index in [0.29, 0.717) is 13.2 Å². The fraction of sp³-hybridized carbons (Fsp3) is 0.312. The van der Waals surface area contributed by atoms with Gasteiger partial charge in [0, 0.05) is 12.1 Å². The zero-order chi connectivity index (χ0) is 14.9. The highest BCUT2D eigenvalue weighted by Crippen LogP contribution is 2.11. The van der Waals surface area contributed by atoms with Crippen molar-refractivity contribution in [2.45, 2.75) is 13.0 Å². The highest BCUT2D eigenvalue weighted by Gasteiger charge is 2.14. The molecule has 2 aromatic rings. The van der Waals surface area contributed by atoms with Crippen LogP contribution in [0.25, 0.3) is 0 Å². The van der Waals surface area contributed by atoms with E-state index in [4.69, 9.17) is 9.15 Å². The van der Waals surface area contributed by atoms with Crippen LogP contribution in [0.3, 0.4) is 0 Å². The highest BCUT2D eigenvalue weighted by atomic mass is 16.5. The molecule has 0 radical (unpaired) electrons. The van der Waals surface area contributed by atoms with E-state index in [1.165, 1.54) is 13.4 Å². The summed E-state index contributed by atoms with van der Waals surface area (Å²) in [5.41, 5.74) is 0.797. The Bertz CT molecular complexity index is 550. The number of furan rings is 1. The van der Waals surface area contributed by atoms with Crippen LogP contribution in [-0.2, 0) is 11.3 Å². The summed E-state index contributed by atoms with van der Waals surface area (Å²) in [6, 6.07) is 11.5. The van der Waals surface area contributed by atoms with Crippen LogP contribution < -0.4 is 10.1 Å². The SMILES string of the molecule is COC(=O)c1occc1CNCCCOc1ccccc1. The molecule has 0 aliphatic carbocycles. The summed E-state index contributed by atoms with van der Waals surface area (Å²) in [6.07, 6.45) is 2.36. The van der Waals surface area contributed by atoms with Crippen LogP contribution in [0.5, 0.6) is 5.75 Å². The fourth-order valence-electron chi connectivity index (χ4n) is 1.87. The van der Waals surface area contributed by atoms with E-state index in [9.17, 15) is 4.79 Å². The maximum atomic E-state index is 11.4. The van der Waals surface area contributed by atoms with Crippen molar-refractivity contribution in [1.29, 1.82) is 0 Å². The molecule has 1 N–H and O–H groups in total. The molecule has 1 heterocycles. The molecule has 0 fully saturated rings. The molecule has 5 nitrogen and oxygen atoms in total. The van der Waals surface area contributed by atoms with Gasteiger partial charge in [0.05, 0.1) is 20.0 Å². The van der Waals surface area contributed by atoms with Crippen molar-refractivity contribution in [3.05, 3.63) is 54.0 Å². The van der Waals surface area contributed by atoms with Crippen molar-refractivity contribution in [2.75, 3.05) is 20.3 Å². The third-order valence-electron chi connectivity index (χ3n) is 2.94.